The van der Waals surface area contributed by atoms with Crippen molar-refractivity contribution in [2.75, 3.05) is 11.4 Å². The van der Waals surface area contributed by atoms with E-state index in [-0.39, 0.29) is 12.2 Å². The predicted molar refractivity (Wildman–Crippen MR) is 131 cm³/mol. The van der Waals surface area contributed by atoms with Crippen LogP contribution in [0.1, 0.15) is 27.9 Å². The van der Waals surface area contributed by atoms with Crippen LogP contribution >= 0.6 is 11.6 Å². The Hall–Kier alpha value is -3.47. The smallest absolute Gasteiger partial charge is 0.264 e. The summed E-state index contributed by atoms with van der Waals surface area (Å²) < 4.78 is 0. The molecule has 0 aliphatic carbocycles. The first-order chi connectivity index (χ1) is 16.0. The molecular formula is C28H22ClNO3. The molecule has 1 aliphatic heterocycles. The van der Waals surface area contributed by atoms with Gasteiger partial charge in [-0.3, -0.25) is 9.59 Å². The maximum atomic E-state index is 13.5. The second kappa shape index (κ2) is 8.47. The average Bonchev–Trinajstić information content (AvgIpc) is 3.03. The zero-order valence-corrected chi connectivity index (χ0v) is 18.6. The number of aliphatic hydroxyl groups is 1. The van der Waals surface area contributed by atoms with Crippen LogP contribution in [0.15, 0.2) is 91.0 Å². The van der Waals surface area contributed by atoms with Crippen molar-refractivity contribution in [3.63, 3.8) is 0 Å². The SMILES string of the molecule is O=C(C[C@]1(O)C(=O)N(CCc2ccccc2)c2ccc(Cl)cc21)c1cccc2ccccc12. The fourth-order valence-corrected chi connectivity index (χ4v) is 4.77. The average molecular weight is 456 g/mol. The molecule has 5 heteroatoms. The van der Waals surface area contributed by atoms with Gasteiger partial charge in [-0.05, 0) is 41.0 Å². The van der Waals surface area contributed by atoms with E-state index >= 15 is 0 Å². The summed E-state index contributed by atoms with van der Waals surface area (Å²) in [4.78, 5) is 28.5. The Kier molecular flexibility index (Phi) is 5.49. The van der Waals surface area contributed by atoms with E-state index in [0.29, 0.717) is 34.8 Å². The molecule has 1 atom stereocenters. The van der Waals surface area contributed by atoms with Crippen LogP contribution < -0.4 is 4.90 Å². The van der Waals surface area contributed by atoms with Crippen LogP contribution in [0.2, 0.25) is 5.02 Å². The molecule has 0 bridgehead atoms. The first kappa shape index (κ1) is 21.4. The molecule has 5 rings (SSSR count). The summed E-state index contributed by atoms with van der Waals surface area (Å²) in [6.07, 6.45) is 0.275. The van der Waals surface area contributed by atoms with Crippen LogP contribution in [-0.2, 0) is 16.8 Å². The molecule has 0 fully saturated rings. The molecule has 0 saturated heterocycles. The zero-order valence-electron chi connectivity index (χ0n) is 17.9. The van der Waals surface area contributed by atoms with Gasteiger partial charge in [0.25, 0.3) is 5.91 Å². The number of carbonyl (C=O) groups is 2. The second-order valence-electron chi connectivity index (χ2n) is 8.34. The van der Waals surface area contributed by atoms with Crippen LogP contribution in [0.5, 0.6) is 0 Å². The summed E-state index contributed by atoms with van der Waals surface area (Å²) in [6.45, 7) is 0.391. The van der Waals surface area contributed by atoms with Crippen molar-refractivity contribution < 1.29 is 14.7 Å². The van der Waals surface area contributed by atoms with Crippen LogP contribution in [0, 0.1) is 0 Å². The minimum absolute atomic E-state index is 0.293. The number of anilines is 1. The predicted octanol–water partition coefficient (Wildman–Crippen LogP) is 5.54. The minimum atomic E-state index is -1.97. The molecule has 4 aromatic rings. The molecule has 33 heavy (non-hydrogen) atoms. The third-order valence-electron chi connectivity index (χ3n) is 6.27. The highest BCUT2D eigenvalue weighted by molar-refractivity contribution is 6.31. The Balaban J connectivity index is 1.49. The third-order valence-corrected chi connectivity index (χ3v) is 6.50. The quantitative estimate of drug-likeness (QED) is 0.388. The normalized spacial score (nSPS) is 17.4. The van der Waals surface area contributed by atoms with Gasteiger partial charge in [0.05, 0.1) is 12.1 Å². The van der Waals surface area contributed by atoms with E-state index in [2.05, 4.69) is 0 Å². The van der Waals surface area contributed by atoms with Gasteiger partial charge in [-0.1, -0.05) is 84.4 Å². The molecule has 1 N–H and O–H groups in total. The van der Waals surface area contributed by atoms with Gasteiger partial charge in [0.2, 0.25) is 0 Å². The Morgan fingerprint density at radius 2 is 1.64 bits per heavy atom. The zero-order chi connectivity index (χ0) is 23.0. The standard InChI is InChI=1S/C28H22ClNO3/c29-21-13-14-25-24(17-21)28(33,27(32)30(25)16-15-19-7-2-1-3-8-19)18-26(31)23-12-6-10-20-9-4-5-11-22(20)23/h1-14,17,33H,15-16,18H2/t28-/m1/s1. The third kappa shape index (κ3) is 3.82. The number of fused-ring (bicyclic) bond motifs is 2. The van der Waals surface area contributed by atoms with Crippen molar-refractivity contribution >= 4 is 39.8 Å². The second-order valence-corrected chi connectivity index (χ2v) is 8.78. The van der Waals surface area contributed by atoms with E-state index in [1.807, 2.05) is 66.7 Å². The van der Waals surface area contributed by atoms with Gasteiger partial charge < -0.3 is 10.0 Å². The van der Waals surface area contributed by atoms with Gasteiger partial charge in [-0.15, -0.1) is 0 Å². The summed E-state index contributed by atoms with van der Waals surface area (Å²) >= 11 is 6.22. The van der Waals surface area contributed by atoms with E-state index in [1.165, 1.54) is 0 Å². The molecule has 0 radical (unpaired) electrons. The molecule has 4 aromatic carbocycles. The Morgan fingerprint density at radius 3 is 2.45 bits per heavy atom. The fourth-order valence-electron chi connectivity index (χ4n) is 4.60. The first-order valence-electron chi connectivity index (χ1n) is 10.9. The number of Topliss-reactive ketones (excluding diaryl/α,β-unsaturated/α-hetero) is 1. The number of benzene rings is 4. The number of amides is 1. The highest BCUT2D eigenvalue weighted by Gasteiger charge is 2.51. The highest BCUT2D eigenvalue weighted by atomic mass is 35.5. The first-order valence-corrected chi connectivity index (χ1v) is 11.2. The minimum Gasteiger partial charge on any atom is -0.375 e. The van der Waals surface area contributed by atoms with Crippen molar-refractivity contribution in [1.82, 2.24) is 0 Å². The number of hydrogen-bond donors (Lipinski definition) is 1. The molecule has 0 spiro atoms. The van der Waals surface area contributed by atoms with Crippen molar-refractivity contribution in [2.45, 2.75) is 18.4 Å². The van der Waals surface area contributed by atoms with E-state index < -0.39 is 11.5 Å². The summed E-state index contributed by atoms with van der Waals surface area (Å²) in [7, 11) is 0. The van der Waals surface area contributed by atoms with E-state index in [0.717, 1.165) is 16.3 Å². The monoisotopic (exact) mass is 455 g/mol. The lowest BCUT2D eigenvalue weighted by Crippen LogP contribution is -2.42. The molecule has 0 saturated carbocycles. The van der Waals surface area contributed by atoms with Crippen molar-refractivity contribution in [3.05, 3.63) is 113 Å². The summed E-state index contributed by atoms with van der Waals surface area (Å²) in [5.41, 5.74) is 0.573. The number of hydrogen-bond acceptors (Lipinski definition) is 3. The topological polar surface area (TPSA) is 57.6 Å². The molecule has 164 valence electrons. The molecule has 4 nitrogen and oxygen atoms in total. The van der Waals surface area contributed by atoms with Gasteiger partial charge >= 0.3 is 0 Å². The van der Waals surface area contributed by atoms with Gasteiger partial charge in [-0.25, -0.2) is 0 Å². The number of halogens is 1. The lowest BCUT2D eigenvalue weighted by atomic mass is 9.87. The Bertz CT molecular complexity index is 1360. The molecule has 1 aliphatic rings. The Morgan fingerprint density at radius 1 is 0.909 bits per heavy atom. The lowest BCUT2D eigenvalue weighted by Gasteiger charge is -2.23. The van der Waals surface area contributed by atoms with Gasteiger partial charge in [0.1, 0.15) is 0 Å². The number of ketones is 1. The van der Waals surface area contributed by atoms with E-state index in [1.54, 1.807) is 29.2 Å². The summed E-state index contributed by atoms with van der Waals surface area (Å²) in [5.74, 6) is -0.789. The van der Waals surface area contributed by atoms with Crippen LogP contribution in [0.4, 0.5) is 5.69 Å². The van der Waals surface area contributed by atoms with Crippen molar-refractivity contribution in [1.29, 1.82) is 0 Å². The molecule has 0 aromatic heterocycles. The van der Waals surface area contributed by atoms with Gasteiger partial charge in [0.15, 0.2) is 11.4 Å². The summed E-state index contributed by atoms with van der Waals surface area (Å²) in [6, 6.07) is 27.9. The highest BCUT2D eigenvalue weighted by Crippen LogP contribution is 2.44. The number of nitrogens with zero attached hydrogens (tertiary/aromatic N) is 1. The van der Waals surface area contributed by atoms with Gasteiger partial charge in [-0.2, -0.15) is 0 Å². The van der Waals surface area contributed by atoms with E-state index in [9.17, 15) is 14.7 Å². The van der Waals surface area contributed by atoms with Crippen LogP contribution in [-0.4, -0.2) is 23.3 Å². The van der Waals surface area contributed by atoms with Crippen molar-refractivity contribution in [2.24, 2.45) is 0 Å². The lowest BCUT2D eigenvalue weighted by molar-refractivity contribution is -0.135. The molecular weight excluding hydrogens is 434 g/mol. The Labute approximate surface area is 197 Å². The van der Waals surface area contributed by atoms with Gasteiger partial charge in [0, 0.05) is 22.7 Å². The maximum absolute atomic E-state index is 13.5. The fraction of sp³-hybridized carbons (Fsp3) is 0.143. The van der Waals surface area contributed by atoms with E-state index in [4.69, 9.17) is 11.6 Å². The van der Waals surface area contributed by atoms with Crippen LogP contribution in [0.3, 0.4) is 0 Å². The number of rotatable bonds is 6. The molecule has 1 amide bonds. The molecule has 0 unspecified atom stereocenters. The summed E-state index contributed by atoms with van der Waals surface area (Å²) in [5, 5.41) is 13.8. The number of carbonyl (C=O) groups excluding carboxylic acids is 2. The maximum Gasteiger partial charge on any atom is 0.264 e. The van der Waals surface area contributed by atoms with Crippen molar-refractivity contribution in [3.8, 4) is 0 Å². The molecule has 1 heterocycles. The largest absolute Gasteiger partial charge is 0.375 e. The van der Waals surface area contributed by atoms with Crippen LogP contribution in [0.25, 0.3) is 10.8 Å².